The summed E-state index contributed by atoms with van der Waals surface area (Å²) in [5.41, 5.74) is 3.43. The Labute approximate surface area is 274 Å². The van der Waals surface area contributed by atoms with Gasteiger partial charge in [0.05, 0.1) is 33.9 Å². The maximum Gasteiger partial charge on any atom is 4.00 e. The molecule has 6 aromatic rings. The molecule has 45 heavy (non-hydrogen) atoms. The zero-order chi connectivity index (χ0) is 29.6. The number of hydrogen-bond acceptors (Lipinski definition) is 8. The van der Waals surface area contributed by atoms with Gasteiger partial charge in [-0.1, -0.05) is 97.1 Å². The number of carbonyl (C=O) groups is 2. The predicted molar refractivity (Wildman–Crippen MR) is 159 cm³/mol. The first kappa shape index (κ1) is 36.1. The zero-order valence-corrected chi connectivity index (χ0v) is 25.9. The van der Waals surface area contributed by atoms with Gasteiger partial charge < -0.3 is 21.2 Å². The average molecular weight is 636 g/mol. The normalized spacial score (nSPS) is 9.82. The molecule has 0 spiro atoms. The molecule has 0 aliphatic heterocycles. The zero-order valence-electron chi connectivity index (χ0n) is 24.4. The van der Waals surface area contributed by atoms with Crippen LogP contribution in [0.2, 0.25) is 0 Å². The largest absolute Gasteiger partial charge is 4.00 e. The van der Waals surface area contributed by atoms with Crippen molar-refractivity contribution in [2.75, 3.05) is 0 Å². The van der Waals surface area contributed by atoms with Crippen LogP contribution in [0.15, 0.2) is 121 Å². The van der Waals surface area contributed by atoms with Crippen molar-refractivity contribution in [3.05, 3.63) is 155 Å². The minimum atomic E-state index is -0.382. The summed E-state index contributed by atoms with van der Waals surface area (Å²) in [4.78, 5) is 25.0. The third-order valence-electron chi connectivity index (χ3n) is 6.56. The minimum absolute atomic E-state index is 0. The summed E-state index contributed by atoms with van der Waals surface area (Å²) >= 11 is 0. The van der Waals surface area contributed by atoms with E-state index in [1.54, 1.807) is 86.6 Å². The molecule has 0 aliphatic carbocycles. The second kappa shape index (κ2) is 16.1. The monoisotopic (exact) mass is 636 g/mol. The Morgan fingerprint density at radius 2 is 0.778 bits per heavy atom. The van der Waals surface area contributed by atoms with Crippen LogP contribution in [0.5, 0.6) is 11.8 Å². The SMILES string of the molecule is Cc1nn(-c2ccccc2)c([O-])c1C(=O)c1ccccc1.Cc1nn(-c2ccccc2)c([O-])c1C(=O)c1ccccc1.[OH-].[OH-].[Ti+4]. The molecule has 11 heteroatoms. The number of carbonyl (C=O) groups excluding carboxylic acids is 2. The average Bonchev–Trinajstić information content (AvgIpc) is 3.51. The third kappa shape index (κ3) is 7.70. The first-order valence-electron chi connectivity index (χ1n) is 13.2. The fourth-order valence-corrected chi connectivity index (χ4v) is 4.49. The van der Waals surface area contributed by atoms with Gasteiger partial charge in [-0.15, -0.1) is 0 Å². The molecule has 4 aromatic carbocycles. The number of aryl methyl sites for hydroxylation is 2. The third-order valence-corrected chi connectivity index (χ3v) is 6.56. The number of ketones is 2. The van der Waals surface area contributed by atoms with Crippen LogP contribution in [-0.2, 0) is 21.7 Å². The Morgan fingerprint density at radius 3 is 1.07 bits per heavy atom. The molecular formula is C34H28N4O6Ti. The molecule has 0 saturated carbocycles. The van der Waals surface area contributed by atoms with Gasteiger partial charge in [-0.25, -0.2) is 9.36 Å². The summed E-state index contributed by atoms with van der Waals surface area (Å²) in [6.07, 6.45) is 0. The Bertz CT molecular complexity index is 1710. The first-order chi connectivity index (χ1) is 20.4. The maximum absolute atomic E-state index is 12.5. The second-order valence-electron chi connectivity index (χ2n) is 9.42. The van der Waals surface area contributed by atoms with Crippen molar-refractivity contribution in [3.63, 3.8) is 0 Å². The van der Waals surface area contributed by atoms with Crippen molar-refractivity contribution in [2.24, 2.45) is 0 Å². The topological polar surface area (TPSA) is 176 Å². The van der Waals surface area contributed by atoms with Crippen LogP contribution >= 0.6 is 0 Å². The van der Waals surface area contributed by atoms with Crippen molar-refractivity contribution in [1.29, 1.82) is 0 Å². The molecule has 0 atom stereocenters. The summed E-state index contributed by atoms with van der Waals surface area (Å²) in [6, 6.07) is 35.7. The van der Waals surface area contributed by atoms with E-state index >= 15 is 0 Å². The van der Waals surface area contributed by atoms with E-state index in [4.69, 9.17) is 0 Å². The molecule has 0 unspecified atom stereocenters. The van der Waals surface area contributed by atoms with Gasteiger partial charge in [-0.05, 0) is 38.1 Å². The number of aromatic nitrogens is 4. The summed E-state index contributed by atoms with van der Waals surface area (Å²) in [5, 5.41) is 33.4. The molecule has 2 aromatic heterocycles. The quantitative estimate of drug-likeness (QED) is 0.188. The van der Waals surface area contributed by atoms with Gasteiger partial charge in [-0.3, -0.25) is 9.59 Å². The van der Waals surface area contributed by atoms with Crippen LogP contribution in [0, 0.1) is 13.8 Å². The molecule has 6 rings (SSSR count). The van der Waals surface area contributed by atoms with Gasteiger partial charge in [0.1, 0.15) is 0 Å². The van der Waals surface area contributed by atoms with Crippen LogP contribution in [0.25, 0.3) is 11.4 Å². The molecule has 0 radical (unpaired) electrons. The van der Waals surface area contributed by atoms with Gasteiger partial charge in [0, 0.05) is 22.9 Å². The van der Waals surface area contributed by atoms with Crippen molar-refractivity contribution in [2.45, 2.75) is 13.8 Å². The molecule has 0 aliphatic rings. The number of para-hydroxylation sites is 2. The number of benzene rings is 4. The molecule has 0 fully saturated rings. The summed E-state index contributed by atoms with van der Waals surface area (Å²) in [7, 11) is 0. The van der Waals surface area contributed by atoms with Gasteiger partial charge in [0.2, 0.25) is 0 Å². The van der Waals surface area contributed by atoms with E-state index in [1.165, 1.54) is 9.36 Å². The predicted octanol–water partition coefficient (Wildman–Crippen LogP) is 4.61. The van der Waals surface area contributed by atoms with Crippen LogP contribution in [0.4, 0.5) is 0 Å². The smallest absolute Gasteiger partial charge is 0.870 e. The second-order valence-corrected chi connectivity index (χ2v) is 9.42. The molecular weight excluding hydrogens is 608 g/mol. The van der Waals surface area contributed by atoms with E-state index in [0.29, 0.717) is 33.9 Å². The molecule has 224 valence electrons. The number of nitrogens with zero attached hydrogens (tertiary/aromatic N) is 4. The molecule has 2 N–H and O–H groups in total. The summed E-state index contributed by atoms with van der Waals surface area (Å²) in [6.45, 7) is 3.36. The van der Waals surface area contributed by atoms with Crippen LogP contribution in [0.1, 0.15) is 43.2 Å². The Kier molecular flexibility index (Phi) is 12.9. The standard InChI is InChI=1S/2C17H14N2O2.2H2O.Ti/c2*1-12-15(16(20)13-8-4-2-5-9-13)17(21)19(18-12)14-10-6-3-7-11-14;;;/h2*2-11,21H,1H3;2*1H2;/q;;;;+4/p-4. The van der Waals surface area contributed by atoms with E-state index in [-0.39, 0.29) is 67.1 Å². The van der Waals surface area contributed by atoms with E-state index < -0.39 is 0 Å². The summed E-state index contributed by atoms with van der Waals surface area (Å²) in [5.74, 6) is -1.35. The van der Waals surface area contributed by atoms with Crippen molar-refractivity contribution >= 4 is 11.6 Å². The molecule has 10 nitrogen and oxygen atoms in total. The Hall–Kier alpha value is -5.13. The summed E-state index contributed by atoms with van der Waals surface area (Å²) < 4.78 is 2.54. The van der Waals surface area contributed by atoms with Crippen LogP contribution in [0.3, 0.4) is 0 Å². The maximum atomic E-state index is 12.5. The Morgan fingerprint density at radius 1 is 0.511 bits per heavy atom. The number of hydrogen-bond donors (Lipinski definition) is 0. The minimum Gasteiger partial charge on any atom is -0.870 e. The fourth-order valence-electron chi connectivity index (χ4n) is 4.49. The molecule has 0 bridgehead atoms. The molecule has 0 amide bonds. The van der Waals surface area contributed by atoms with E-state index in [9.17, 15) is 19.8 Å². The fraction of sp³-hybridized carbons (Fsp3) is 0.0588. The van der Waals surface area contributed by atoms with Crippen molar-refractivity contribution in [1.82, 2.24) is 19.6 Å². The van der Waals surface area contributed by atoms with E-state index in [1.807, 2.05) is 48.5 Å². The van der Waals surface area contributed by atoms with Gasteiger partial charge in [0.25, 0.3) is 0 Å². The van der Waals surface area contributed by atoms with Crippen molar-refractivity contribution < 1.29 is 52.5 Å². The Balaban J connectivity index is 0.000000294. The molecule has 2 heterocycles. The van der Waals surface area contributed by atoms with Gasteiger partial charge in [-0.2, -0.15) is 10.2 Å². The van der Waals surface area contributed by atoms with E-state index in [2.05, 4.69) is 10.2 Å². The number of rotatable bonds is 6. The van der Waals surface area contributed by atoms with Crippen LogP contribution in [-0.4, -0.2) is 42.1 Å². The van der Waals surface area contributed by atoms with Gasteiger partial charge in [0.15, 0.2) is 11.6 Å². The molecule has 0 saturated heterocycles. The van der Waals surface area contributed by atoms with Crippen LogP contribution < -0.4 is 10.2 Å². The van der Waals surface area contributed by atoms with Crippen molar-refractivity contribution in [3.8, 4) is 23.1 Å². The first-order valence-corrected chi connectivity index (χ1v) is 13.2. The van der Waals surface area contributed by atoms with E-state index in [0.717, 1.165) is 0 Å². The van der Waals surface area contributed by atoms with Gasteiger partial charge >= 0.3 is 21.7 Å².